The van der Waals surface area contributed by atoms with Crippen LogP contribution < -0.4 is 0 Å². The van der Waals surface area contributed by atoms with E-state index in [0.29, 0.717) is 23.9 Å². The molecule has 0 spiro atoms. The number of carboxylic acids is 1. The number of oxazole rings is 1. The van der Waals surface area contributed by atoms with Gasteiger partial charge in [-0.15, -0.1) is 0 Å². The summed E-state index contributed by atoms with van der Waals surface area (Å²) >= 11 is 5.97. The summed E-state index contributed by atoms with van der Waals surface area (Å²) in [5, 5.41) is 9.92. The van der Waals surface area contributed by atoms with E-state index in [4.69, 9.17) is 16.0 Å². The quantitative estimate of drug-likeness (QED) is 0.934. The number of likely N-dealkylation sites (tertiary alicyclic amines) is 1. The predicted molar refractivity (Wildman–Crippen MR) is 82.6 cm³/mol. The molecule has 1 fully saturated rings. The van der Waals surface area contributed by atoms with E-state index in [1.807, 2.05) is 17.0 Å². The second-order valence-electron chi connectivity index (χ2n) is 5.47. The maximum atomic E-state index is 11.3. The third kappa shape index (κ3) is 3.31. The van der Waals surface area contributed by atoms with E-state index < -0.39 is 12.0 Å². The van der Waals surface area contributed by atoms with Crippen molar-refractivity contribution >= 4 is 17.6 Å². The first-order valence-corrected chi connectivity index (χ1v) is 7.68. The van der Waals surface area contributed by atoms with Gasteiger partial charge in [-0.2, -0.15) is 0 Å². The molecular weight excluding hydrogens is 304 g/mol. The van der Waals surface area contributed by atoms with Crippen LogP contribution in [0.15, 0.2) is 34.9 Å². The molecule has 22 heavy (non-hydrogen) atoms. The Morgan fingerprint density at radius 2 is 2.32 bits per heavy atom. The van der Waals surface area contributed by atoms with Crippen LogP contribution in [0.1, 0.15) is 25.0 Å². The molecule has 0 bridgehead atoms. The Balaban J connectivity index is 1.75. The van der Waals surface area contributed by atoms with Gasteiger partial charge < -0.3 is 9.52 Å². The number of aromatic nitrogens is 1. The van der Waals surface area contributed by atoms with Gasteiger partial charge in [-0.05, 0) is 37.6 Å². The zero-order chi connectivity index (χ0) is 15.5. The van der Waals surface area contributed by atoms with Crippen LogP contribution in [0.5, 0.6) is 0 Å². The Morgan fingerprint density at radius 1 is 1.45 bits per heavy atom. The lowest BCUT2D eigenvalue weighted by Gasteiger charge is -2.31. The molecule has 0 amide bonds. The van der Waals surface area contributed by atoms with Gasteiger partial charge >= 0.3 is 5.97 Å². The molecule has 2 aromatic rings. The van der Waals surface area contributed by atoms with Crippen LogP contribution in [0, 0.1) is 0 Å². The minimum Gasteiger partial charge on any atom is -0.480 e. The molecule has 1 atom stereocenters. The topological polar surface area (TPSA) is 66.6 Å². The fraction of sp³-hybridized carbons (Fsp3) is 0.375. The smallest absolute Gasteiger partial charge is 0.320 e. The molecule has 1 N–H and O–H groups in total. The van der Waals surface area contributed by atoms with Crippen molar-refractivity contribution in [1.82, 2.24) is 9.88 Å². The zero-order valence-electron chi connectivity index (χ0n) is 12.0. The van der Waals surface area contributed by atoms with Gasteiger partial charge in [-0.1, -0.05) is 24.1 Å². The molecule has 116 valence electrons. The number of rotatable bonds is 4. The predicted octanol–water partition coefficient (Wildman–Crippen LogP) is 3.43. The molecule has 1 aliphatic rings. The van der Waals surface area contributed by atoms with E-state index in [9.17, 15) is 9.90 Å². The van der Waals surface area contributed by atoms with Crippen molar-refractivity contribution in [3.63, 3.8) is 0 Å². The highest BCUT2D eigenvalue weighted by atomic mass is 35.5. The van der Waals surface area contributed by atoms with Crippen LogP contribution in [-0.4, -0.2) is 33.5 Å². The number of carbonyl (C=O) groups is 1. The highest BCUT2D eigenvalue weighted by molar-refractivity contribution is 6.30. The summed E-state index contributed by atoms with van der Waals surface area (Å²) in [7, 11) is 0. The van der Waals surface area contributed by atoms with Gasteiger partial charge in [0.1, 0.15) is 12.3 Å². The van der Waals surface area contributed by atoms with Crippen LogP contribution in [-0.2, 0) is 11.3 Å². The summed E-state index contributed by atoms with van der Waals surface area (Å²) in [6.07, 6.45) is 4.25. The molecule has 1 aromatic heterocycles. The van der Waals surface area contributed by atoms with Gasteiger partial charge in [0, 0.05) is 17.1 Å². The third-order valence-corrected chi connectivity index (χ3v) is 4.12. The second kappa shape index (κ2) is 6.50. The van der Waals surface area contributed by atoms with Crippen molar-refractivity contribution in [1.29, 1.82) is 0 Å². The summed E-state index contributed by atoms with van der Waals surface area (Å²) in [6.45, 7) is 1.26. The molecule has 1 aliphatic heterocycles. The van der Waals surface area contributed by atoms with Crippen LogP contribution in [0.3, 0.4) is 0 Å². The lowest BCUT2D eigenvalue weighted by Crippen LogP contribution is -2.44. The maximum absolute atomic E-state index is 11.3. The molecule has 1 unspecified atom stereocenters. The number of piperidine rings is 1. The Morgan fingerprint density at radius 3 is 3.09 bits per heavy atom. The molecule has 1 saturated heterocycles. The number of nitrogens with zero attached hydrogens (tertiary/aromatic N) is 2. The molecule has 0 aliphatic carbocycles. The zero-order valence-corrected chi connectivity index (χ0v) is 12.8. The molecule has 0 radical (unpaired) electrons. The van der Waals surface area contributed by atoms with Crippen LogP contribution in [0.25, 0.3) is 11.5 Å². The Hall–Kier alpha value is -1.85. The molecule has 0 saturated carbocycles. The normalized spacial score (nSPS) is 19.2. The van der Waals surface area contributed by atoms with Gasteiger partial charge in [0.15, 0.2) is 0 Å². The van der Waals surface area contributed by atoms with E-state index >= 15 is 0 Å². The average molecular weight is 321 g/mol. The fourth-order valence-electron chi connectivity index (χ4n) is 2.80. The number of hydrogen-bond acceptors (Lipinski definition) is 4. The Kier molecular flexibility index (Phi) is 4.45. The van der Waals surface area contributed by atoms with Crippen molar-refractivity contribution in [2.45, 2.75) is 31.8 Å². The van der Waals surface area contributed by atoms with E-state index in [2.05, 4.69) is 4.98 Å². The molecule has 3 rings (SSSR count). The van der Waals surface area contributed by atoms with Crippen LogP contribution in [0.4, 0.5) is 0 Å². The summed E-state index contributed by atoms with van der Waals surface area (Å²) in [6, 6.07) is 6.87. The minimum absolute atomic E-state index is 0.430. The first-order chi connectivity index (χ1) is 10.6. The first kappa shape index (κ1) is 15.1. The number of benzene rings is 1. The monoisotopic (exact) mass is 320 g/mol. The molecule has 6 heteroatoms. The summed E-state index contributed by atoms with van der Waals surface area (Å²) in [4.78, 5) is 17.7. The Bertz CT molecular complexity index is 671. The van der Waals surface area contributed by atoms with Crippen LogP contribution in [0.2, 0.25) is 5.02 Å². The number of hydrogen-bond donors (Lipinski definition) is 1. The van der Waals surface area contributed by atoms with Gasteiger partial charge in [0.05, 0.1) is 5.69 Å². The van der Waals surface area contributed by atoms with Crippen LogP contribution >= 0.6 is 11.6 Å². The van der Waals surface area contributed by atoms with Gasteiger partial charge in [0.2, 0.25) is 5.89 Å². The molecule has 1 aromatic carbocycles. The fourth-order valence-corrected chi connectivity index (χ4v) is 2.99. The number of aliphatic carboxylic acids is 1. The van der Waals surface area contributed by atoms with Gasteiger partial charge in [-0.25, -0.2) is 4.98 Å². The van der Waals surface area contributed by atoms with Crippen molar-refractivity contribution in [2.75, 3.05) is 6.54 Å². The van der Waals surface area contributed by atoms with E-state index in [0.717, 1.165) is 30.6 Å². The standard InChI is InChI=1S/C16H17ClN2O3/c17-12-5-3-4-11(8-12)15-18-13(10-22-15)9-19-7-2-1-6-14(19)16(20)21/h3-5,8,10,14H,1-2,6-7,9H2,(H,20,21). The summed E-state index contributed by atoms with van der Waals surface area (Å²) in [5.41, 5.74) is 1.55. The van der Waals surface area contributed by atoms with Crippen molar-refractivity contribution < 1.29 is 14.3 Å². The van der Waals surface area contributed by atoms with Gasteiger partial charge in [-0.3, -0.25) is 9.69 Å². The minimum atomic E-state index is -0.766. The summed E-state index contributed by atoms with van der Waals surface area (Å²) in [5.74, 6) is -0.264. The number of halogens is 1. The van der Waals surface area contributed by atoms with Crippen molar-refractivity contribution in [2.24, 2.45) is 0 Å². The average Bonchev–Trinajstić information content (AvgIpc) is 2.96. The number of carboxylic acid groups (broad SMARTS) is 1. The lowest BCUT2D eigenvalue weighted by molar-refractivity contribution is -0.144. The Labute approximate surface area is 133 Å². The maximum Gasteiger partial charge on any atom is 0.320 e. The van der Waals surface area contributed by atoms with E-state index in [-0.39, 0.29) is 0 Å². The molecular formula is C16H17ClN2O3. The summed E-state index contributed by atoms with van der Waals surface area (Å²) < 4.78 is 5.50. The second-order valence-corrected chi connectivity index (χ2v) is 5.91. The highest BCUT2D eigenvalue weighted by Gasteiger charge is 2.28. The molecule has 5 nitrogen and oxygen atoms in total. The van der Waals surface area contributed by atoms with E-state index in [1.165, 1.54) is 0 Å². The van der Waals surface area contributed by atoms with Crippen molar-refractivity contribution in [3.8, 4) is 11.5 Å². The first-order valence-electron chi connectivity index (χ1n) is 7.30. The highest BCUT2D eigenvalue weighted by Crippen LogP contribution is 2.24. The largest absolute Gasteiger partial charge is 0.480 e. The third-order valence-electron chi connectivity index (χ3n) is 3.89. The van der Waals surface area contributed by atoms with E-state index in [1.54, 1.807) is 18.4 Å². The molecule has 2 heterocycles. The lowest BCUT2D eigenvalue weighted by atomic mass is 10.0. The van der Waals surface area contributed by atoms with Crippen molar-refractivity contribution in [3.05, 3.63) is 41.2 Å². The van der Waals surface area contributed by atoms with Gasteiger partial charge in [0.25, 0.3) is 0 Å². The SMILES string of the molecule is O=C(O)C1CCCCN1Cc1coc(-c2cccc(Cl)c2)n1.